The molecule has 0 aromatic carbocycles. The van der Waals surface area contributed by atoms with Crippen molar-refractivity contribution in [3.63, 3.8) is 0 Å². The standard InChI is InChI=1S/C17H24N6O2/c1-11-8-12(2)19-17(18-11)23-15(9-13(3)21-23)20-16(25)10-22-6-4-14(24)5-7-22/h8-9,14,24H,4-7,10H2,1-3H3,(H,20,25). The molecule has 134 valence electrons. The Kier molecular flexibility index (Phi) is 5.10. The number of amides is 1. The summed E-state index contributed by atoms with van der Waals surface area (Å²) >= 11 is 0. The molecule has 1 aliphatic heterocycles. The van der Waals surface area contributed by atoms with Crippen LogP contribution in [0.4, 0.5) is 5.82 Å². The molecule has 0 spiro atoms. The van der Waals surface area contributed by atoms with Crippen LogP contribution >= 0.6 is 0 Å². The minimum atomic E-state index is -0.245. The van der Waals surface area contributed by atoms with Gasteiger partial charge in [0.1, 0.15) is 5.82 Å². The highest BCUT2D eigenvalue weighted by molar-refractivity contribution is 5.91. The number of hydrogen-bond acceptors (Lipinski definition) is 6. The van der Waals surface area contributed by atoms with E-state index in [2.05, 4.69) is 20.4 Å². The first-order valence-corrected chi connectivity index (χ1v) is 8.50. The van der Waals surface area contributed by atoms with Gasteiger partial charge in [-0.1, -0.05) is 0 Å². The minimum Gasteiger partial charge on any atom is -0.393 e. The van der Waals surface area contributed by atoms with Gasteiger partial charge in [0.2, 0.25) is 5.91 Å². The first-order chi connectivity index (χ1) is 11.9. The van der Waals surface area contributed by atoms with Crippen molar-refractivity contribution in [2.45, 2.75) is 39.7 Å². The van der Waals surface area contributed by atoms with Crippen LogP contribution < -0.4 is 5.32 Å². The maximum Gasteiger partial charge on any atom is 0.252 e. The molecule has 2 aromatic heterocycles. The van der Waals surface area contributed by atoms with Gasteiger partial charge in [0.05, 0.1) is 18.3 Å². The molecule has 0 unspecified atom stereocenters. The van der Waals surface area contributed by atoms with E-state index in [1.165, 1.54) is 0 Å². The van der Waals surface area contributed by atoms with Crippen molar-refractivity contribution in [1.29, 1.82) is 0 Å². The molecule has 1 fully saturated rings. The number of aryl methyl sites for hydroxylation is 3. The topological polar surface area (TPSA) is 96.2 Å². The summed E-state index contributed by atoms with van der Waals surface area (Å²) in [4.78, 5) is 23.3. The molecule has 0 aliphatic carbocycles. The molecule has 0 saturated carbocycles. The maximum absolute atomic E-state index is 12.4. The van der Waals surface area contributed by atoms with Crippen LogP contribution in [0, 0.1) is 20.8 Å². The number of aliphatic hydroxyl groups is 1. The maximum atomic E-state index is 12.4. The predicted molar refractivity (Wildman–Crippen MR) is 93.7 cm³/mol. The molecule has 1 saturated heterocycles. The number of piperidine rings is 1. The summed E-state index contributed by atoms with van der Waals surface area (Å²) < 4.78 is 1.56. The molecular weight excluding hydrogens is 320 g/mol. The van der Waals surface area contributed by atoms with Crippen LogP contribution in [0.5, 0.6) is 0 Å². The highest BCUT2D eigenvalue weighted by Gasteiger charge is 2.20. The van der Waals surface area contributed by atoms with Crippen LogP contribution in [-0.4, -0.2) is 61.4 Å². The number of hydrogen-bond donors (Lipinski definition) is 2. The molecule has 0 radical (unpaired) electrons. The van der Waals surface area contributed by atoms with Crippen molar-refractivity contribution in [2.75, 3.05) is 25.0 Å². The first kappa shape index (κ1) is 17.5. The van der Waals surface area contributed by atoms with Crippen molar-refractivity contribution < 1.29 is 9.90 Å². The van der Waals surface area contributed by atoms with E-state index < -0.39 is 0 Å². The number of rotatable bonds is 4. The van der Waals surface area contributed by atoms with Crippen LogP contribution in [-0.2, 0) is 4.79 Å². The Hall–Kier alpha value is -2.32. The second kappa shape index (κ2) is 7.28. The Morgan fingerprint density at radius 2 is 1.80 bits per heavy atom. The Morgan fingerprint density at radius 1 is 1.16 bits per heavy atom. The Balaban J connectivity index is 1.73. The molecule has 8 nitrogen and oxygen atoms in total. The smallest absolute Gasteiger partial charge is 0.252 e. The fourth-order valence-corrected chi connectivity index (χ4v) is 3.01. The number of aromatic nitrogens is 4. The average Bonchev–Trinajstić information content (AvgIpc) is 2.89. The number of carbonyl (C=O) groups excluding carboxylic acids is 1. The quantitative estimate of drug-likeness (QED) is 0.858. The van der Waals surface area contributed by atoms with E-state index in [0.717, 1.165) is 30.2 Å². The van der Waals surface area contributed by atoms with Crippen LogP contribution in [0.25, 0.3) is 5.95 Å². The van der Waals surface area contributed by atoms with E-state index in [-0.39, 0.29) is 12.0 Å². The van der Waals surface area contributed by atoms with Gasteiger partial charge in [-0.15, -0.1) is 0 Å². The Morgan fingerprint density at radius 3 is 2.44 bits per heavy atom. The molecule has 2 N–H and O–H groups in total. The first-order valence-electron chi connectivity index (χ1n) is 8.50. The van der Waals surface area contributed by atoms with Crippen molar-refractivity contribution in [3.8, 4) is 5.95 Å². The van der Waals surface area contributed by atoms with Crippen molar-refractivity contribution in [3.05, 3.63) is 29.2 Å². The molecule has 0 atom stereocenters. The summed E-state index contributed by atoms with van der Waals surface area (Å²) in [6.45, 7) is 7.42. The van der Waals surface area contributed by atoms with E-state index in [9.17, 15) is 9.90 Å². The molecule has 1 amide bonds. The Bertz CT molecular complexity index is 744. The molecule has 3 heterocycles. The molecule has 3 rings (SSSR count). The van der Waals surface area contributed by atoms with E-state index in [0.29, 0.717) is 31.2 Å². The van der Waals surface area contributed by atoms with Gasteiger partial charge < -0.3 is 10.4 Å². The van der Waals surface area contributed by atoms with E-state index in [1.54, 1.807) is 10.7 Å². The molecule has 25 heavy (non-hydrogen) atoms. The summed E-state index contributed by atoms with van der Waals surface area (Å²) in [7, 11) is 0. The fourth-order valence-electron chi connectivity index (χ4n) is 3.01. The second-order valence-corrected chi connectivity index (χ2v) is 6.59. The van der Waals surface area contributed by atoms with E-state index >= 15 is 0 Å². The summed E-state index contributed by atoms with van der Waals surface area (Å²) in [6, 6.07) is 3.70. The zero-order valence-electron chi connectivity index (χ0n) is 14.9. The molecule has 8 heteroatoms. The lowest BCUT2D eigenvalue weighted by Gasteiger charge is -2.28. The van der Waals surface area contributed by atoms with Crippen molar-refractivity contribution >= 4 is 11.7 Å². The lowest BCUT2D eigenvalue weighted by molar-refractivity contribution is -0.117. The summed E-state index contributed by atoms with van der Waals surface area (Å²) in [5, 5.41) is 16.9. The third-order valence-corrected chi connectivity index (χ3v) is 4.18. The molecule has 2 aromatic rings. The zero-order valence-corrected chi connectivity index (χ0v) is 14.9. The summed E-state index contributed by atoms with van der Waals surface area (Å²) in [6.07, 6.45) is 1.17. The highest BCUT2D eigenvalue weighted by Crippen LogP contribution is 2.16. The fraction of sp³-hybridized carbons (Fsp3) is 0.529. The lowest BCUT2D eigenvalue weighted by Crippen LogP contribution is -2.40. The summed E-state index contributed by atoms with van der Waals surface area (Å²) in [5.41, 5.74) is 2.47. The zero-order chi connectivity index (χ0) is 18.0. The number of anilines is 1. The number of nitrogens with zero attached hydrogens (tertiary/aromatic N) is 5. The predicted octanol–water partition coefficient (Wildman–Crippen LogP) is 0.983. The van der Waals surface area contributed by atoms with Gasteiger partial charge in [-0.3, -0.25) is 9.69 Å². The van der Waals surface area contributed by atoms with Crippen LogP contribution in [0.3, 0.4) is 0 Å². The second-order valence-electron chi connectivity index (χ2n) is 6.59. The van der Waals surface area contributed by atoms with Gasteiger partial charge in [0.15, 0.2) is 0 Å². The SMILES string of the molecule is Cc1cc(C)nc(-n2nc(C)cc2NC(=O)CN2CCC(O)CC2)n1. The molecule has 0 bridgehead atoms. The van der Waals surface area contributed by atoms with Crippen LogP contribution in [0.1, 0.15) is 29.9 Å². The largest absolute Gasteiger partial charge is 0.393 e. The molecular formula is C17H24N6O2. The van der Waals surface area contributed by atoms with Crippen molar-refractivity contribution in [1.82, 2.24) is 24.6 Å². The van der Waals surface area contributed by atoms with Crippen LogP contribution in [0.15, 0.2) is 12.1 Å². The monoisotopic (exact) mass is 344 g/mol. The van der Waals surface area contributed by atoms with E-state index in [4.69, 9.17) is 0 Å². The third kappa shape index (κ3) is 4.40. The van der Waals surface area contributed by atoms with Gasteiger partial charge in [0, 0.05) is 30.5 Å². The number of nitrogens with one attached hydrogen (secondary N) is 1. The van der Waals surface area contributed by atoms with Gasteiger partial charge in [-0.25, -0.2) is 9.97 Å². The lowest BCUT2D eigenvalue weighted by atomic mass is 10.1. The van der Waals surface area contributed by atoms with Gasteiger partial charge in [-0.05, 0) is 39.7 Å². The van der Waals surface area contributed by atoms with Gasteiger partial charge in [-0.2, -0.15) is 9.78 Å². The minimum absolute atomic E-state index is 0.109. The normalized spacial score (nSPS) is 16.2. The third-order valence-electron chi connectivity index (χ3n) is 4.18. The number of carbonyl (C=O) groups is 1. The highest BCUT2D eigenvalue weighted by atomic mass is 16.3. The molecule has 1 aliphatic rings. The average molecular weight is 344 g/mol. The Labute approximate surface area is 146 Å². The van der Waals surface area contributed by atoms with Gasteiger partial charge >= 0.3 is 0 Å². The number of likely N-dealkylation sites (tertiary alicyclic amines) is 1. The van der Waals surface area contributed by atoms with Crippen LogP contribution in [0.2, 0.25) is 0 Å². The summed E-state index contributed by atoms with van der Waals surface area (Å²) in [5.74, 6) is 0.897. The van der Waals surface area contributed by atoms with E-state index in [1.807, 2.05) is 31.7 Å². The van der Waals surface area contributed by atoms with Gasteiger partial charge in [0.25, 0.3) is 5.95 Å². The number of aliphatic hydroxyl groups excluding tert-OH is 1. The van der Waals surface area contributed by atoms with Crippen molar-refractivity contribution in [2.24, 2.45) is 0 Å².